The third-order valence-electron chi connectivity index (χ3n) is 2.09. The Morgan fingerprint density at radius 2 is 1.67 bits per heavy atom. The molecule has 0 aromatic heterocycles. The van der Waals surface area contributed by atoms with Gasteiger partial charge < -0.3 is 9.47 Å². The fourth-order valence-corrected chi connectivity index (χ4v) is 1.01. The molecule has 0 amide bonds. The second-order valence-electron chi connectivity index (χ2n) is 4.55. The molecule has 0 radical (unpaired) electrons. The molecular weight excluding hydrogens is 321 g/mol. The predicted octanol–water partition coefficient (Wildman–Crippen LogP) is 1.06. The van der Waals surface area contributed by atoms with Gasteiger partial charge in [0.1, 0.15) is 6.61 Å². The van der Waals surface area contributed by atoms with E-state index in [1.807, 2.05) is 0 Å². The standard InChI is InChI=1S/C10H13F3O7S/c1-6(11)7(14)19-4-9(2,3)8(15)20-5-10(12,13)21(16,17)18/h1,4-5H2,2-3H3,(H,16,17,18). The molecule has 0 aliphatic carbocycles. The van der Waals surface area contributed by atoms with Crippen molar-refractivity contribution in [3.63, 3.8) is 0 Å². The van der Waals surface area contributed by atoms with Crippen molar-refractivity contribution in [3.8, 4) is 0 Å². The van der Waals surface area contributed by atoms with Crippen LogP contribution in [-0.2, 0) is 29.2 Å². The van der Waals surface area contributed by atoms with E-state index < -0.39 is 51.8 Å². The van der Waals surface area contributed by atoms with Gasteiger partial charge in [-0.25, -0.2) is 4.79 Å². The molecule has 0 aromatic rings. The lowest BCUT2D eigenvalue weighted by Gasteiger charge is -2.23. The number of hydrogen-bond donors (Lipinski definition) is 1. The fourth-order valence-electron chi connectivity index (χ4n) is 0.803. The van der Waals surface area contributed by atoms with Crippen LogP contribution in [0.3, 0.4) is 0 Å². The lowest BCUT2D eigenvalue weighted by Crippen LogP contribution is -2.39. The number of halogens is 3. The smallest absolute Gasteiger partial charge is 0.402 e. The van der Waals surface area contributed by atoms with Gasteiger partial charge in [0.15, 0.2) is 6.61 Å². The third-order valence-corrected chi connectivity index (χ3v) is 2.96. The first-order valence-corrected chi connectivity index (χ1v) is 6.68. The van der Waals surface area contributed by atoms with Crippen LogP contribution in [0.5, 0.6) is 0 Å². The monoisotopic (exact) mass is 334 g/mol. The molecule has 0 aliphatic heterocycles. The van der Waals surface area contributed by atoms with Crippen molar-refractivity contribution in [2.24, 2.45) is 5.41 Å². The van der Waals surface area contributed by atoms with Crippen molar-refractivity contribution in [2.45, 2.75) is 19.1 Å². The Kier molecular flexibility index (Phi) is 5.94. The van der Waals surface area contributed by atoms with Gasteiger partial charge in [0.25, 0.3) is 0 Å². The minimum absolute atomic E-state index is 0.717. The summed E-state index contributed by atoms with van der Waals surface area (Å²) in [6.45, 7) is 2.25. The number of carbonyl (C=O) groups excluding carboxylic acids is 2. The molecule has 21 heavy (non-hydrogen) atoms. The average molecular weight is 334 g/mol. The zero-order valence-electron chi connectivity index (χ0n) is 11.1. The van der Waals surface area contributed by atoms with Crippen molar-refractivity contribution in [1.82, 2.24) is 0 Å². The number of hydrogen-bond acceptors (Lipinski definition) is 6. The first-order chi connectivity index (χ1) is 9.21. The molecule has 1 N–H and O–H groups in total. The molecule has 7 nitrogen and oxygen atoms in total. The summed E-state index contributed by atoms with van der Waals surface area (Å²) < 4.78 is 75.2. The van der Waals surface area contributed by atoms with E-state index in [0.29, 0.717) is 0 Å². The minimum Gasteiger partial charge on any atom is -0.459 e. The van der Waals surface area contributed by atoms with E-state index in [-0.39, 0.29) is 0 Å². The van der Waals surface area contributed by atoms with Crippen molar-refractivity contribution in [2.75, 3.05) is 13.2 Å². The van der Waals surface area contributed by atoms with E-state index >= 15 is 0 Å². The van der Waals surface area contributed by atoms with Gasteiger partial charge in [0, 0.05) is 0 Å². The summed E-state index contributed by atoms with van der Waals surface area (Å²) in [5.41, 5.74) is -1.65. The summed E-state index contributed by atoms with van der Waals surface area (Å²) in [6, 6.07) is 0. The van der Waals surface area contributed by atoms with Crippen LogP contribution in [0.4, 0.5) is 13.2 Å². The van der Waals surface area contributed by atoms with Crippen LogP contribution in [-0.4, -0.2) is 43.4 Å². The summed E-state index contributed by atoms with van der Waals surface area (Å²) in [6.07, 6.45) is 0. The third kappa shape index (κ3) is 5.71. The number of rotatable bonds is 7. The molecule has 0 spiro atoms. The summed E-state index contributed by atoms with van der Waals surface area (Å²) in [5, 5.41) is -4.68. The normalized spacial score (nSPS) is 12.7. The molecule has 0 unspecified atom stereocenters. The zero-order valence-corrected chi connectivity index (χ0v) is 11.9. The Hall–Kier alpha value is -1.62. The topological polar surface area (TPSA) is 107 Å². The Balaban J connectivity index is 4.65. The Bertz CT molecular complexity index is 539. The van der Waals surface area contributed by atoms with E-state index in [0.717, 1.165) is 13.8 Å². The summed E-state index contributed by atoms with van der Waals surface area (Å²) in [4.78, 5) is 22.3. The van der Waals surface area contributed by atoms with Gasteiger partial charge in [-0.1, -0.05) is 6.58 Å². The number of alkyl halides is 2. The van der Waals surface area contributed by atoms with E-state index in [4.69, 9.17) is 4.55 Å². The van der Waals surface area contributed by atoms with Gasteiger partial charge in [-0.3, -0.25) is 9.35 Å². The Morgan fingerprint density at radius 3 is 2.05 bits per heavy atom. The fraction of sp³-hybridized carbons (Fsp3) is 0.600. The maximum atomic E-state index is 12.8. The van der Waals surface area contributed by atoms with Gasteiger partial charge in [0.2, 0.25) is 5.83 Å². The van der Waals surface area contributed by atoms with Crippen LogP contribution >= 0.6 is 0 Å². The second kappa shape index (κ2) is 6.43. The Morgan fingerprint density at radius 1 is 1.19 bits per heavy atom. The lowest BCUT2D eigenvalue weighted by atomic mass is 9.95. The van der Waals surface area contributed by atoms with Crippen LogP contribution < -0.4 is 0 Å². The molecule has 0 heterocycles. The maximum absolute atomic E-state index is 12.8. The summed E-state index contributed by atoms with van der Waals surface area (Å²) in [5.74, 6) is -4.21. The van der Waals surface area contributed by atoms with E-state index in [2.05, 4.69) is 16.1 Å². The molecule has 0 atom stereocenters. The van der Waals surface area contributed by atoms with Crippen molar-refractivity contribution >= 4 is 22.1 Å². The molecule has 0 fully saturated rings. The number of esters is 2. The van der Waals surface area contributed by atoms with Crippen LogP contribution in [0.15, 0.2) is 12.4 Å². The van der Waals surface area contributed by atoms with Crippen LogP contribution in [0.1, 0.15) is 13.8 Å². The molecule has 0 saturated carbocycles. The first-order valence-electron chi connectivity index (χ1n) is 5.24. The number of ether oxygens (including phenoxy) is 2. The number of carbonyl (C=O) groups is 2. The van der Waals surface area contributed by atoms with Crippen molar-refractivity contribution in [3.05, 3.63) is 12.4 Å². The summed E-state index contributed by atoms with van der Waals surface area (Å²) >= 11 is 0. The predicted molar refractivity (Wildman–Crippen MR) is 62.4 cm³/mol. The largest absolute Gasteiger partial charge is 0.459 e. The zero-order chi connectivity index (χ0) is 17.1. The minimum atomic E-state index is -5.74. The first kappa shape index (κ1) is 19.4. The van der Waals surface area contributed by atoms with Crippen molar-refractivity contribution < 1.29 is 45.2 Å². The molecule has 0 aliphatic rings. The van der Waals surface area contributed by atoms with Gasteiger partial charge in [-0.15, -0.1) is 0 Å². The van der Waals surface area contributed by atoms with Gasteiger partial charge in [0.05, 0.1) is 5.41 Å². The van der Waals surface area contributed by atoms with Gasteiger partial charge in [-0.2, -0.15) is 21.6 Å². The summed E-state index contributed by atoms with van der Waals surface area (Å²) in [7, 11) is -5.74. The highest BCUT2D eigenvalue weighted by atomic mass is 32.2. The van der Waals surface area contributed by atoms with E-state index in [1.165, 1.54) is 0 Å². The molecule has 0 aromatic carbocycles. The molecule has 0 saturated heterocycles. The van der Waals surface area contributed by atoms with Gasteiger partial charge in [-0.05, 0) is 13.8 Å². The molecule has 11 heteroatoms. The molecule has 0 bridgehead atoms. The van der Waals surface area contributed by atoms with E-state index in [1.54, 1.807) is 0 Å². The second-order valence-corrected chi connectivity index (χ2v) is 6.10. The van der Waals surface area contributed by atoms with Crippen LogP contribution in [0.25, 0.3) is 0 Å². The Labute approximate surface area is 118 Å². The quantitative estimate of drug-likeness (QED) is 0.421. The highest BCUT2D eigenvalue weighted by Gasteiger charge is 2.46. The SMILES string of the molecule is C=C(F)C(=O)OCC(C)(C)C(=O)OCC(F)(F)S(=O)(=O)O. The molecule has 0 rings (SSSR count). The molecular formula is C10H13F3O7S. The highest BCUT2D eigenvalue weighted by molar-refractivity contribution is 7.86. The lowest BCUT2D eigenvalue weighted by molar-refractivity contribution is -0.165. The molecule has 122 valence electrons. The van der Waals surface area contributed by atoms with E-state index in [9.17, 15) is 31.2 Å². The average Bonchev–Trinajstić information content (AvgIpc) is 2.31. The highest BCUT2D eigenvalue weighted by Crippen LogP contribution is 2.24. The van der Waals surface area contributed by atoms with Gasteiger partial charge >= 0.3 is 27.3 Å². The maximum Gasteiger partial charge on any atom is 0.402 e. The van der Waals surface area contributed by atoms with Crippen molar-refractivity contribution in [1.29, 1.82) is 0 Å². The van der Waals surface area contributed by atoms with Crippen LogP contribution in [0, 0.1) is 5.41 Å². The van der Waals surface area contributed by atoms with Crippen LogP contribution in [0.2, 0.25) is 0 Å².